The molecule has 4 rings (SSSR count). The highest BCUT2D eigenvalue weighted by Gasteiger charge is 2.28. The van der Waals surface area contributed by atoms with Crippen LogP contribution in [0.3, 0.4) is 0 Å². The number of halogens is 1. The van der Waals surface area contributed by atoms with Gasteiger partial charge in [-0.3, -0.25) is 4.79 Å². The molecule has 1 amide bonds. The maximum absolute atomic E-state index is 12.6. The highest BCUT2D eigenvalue weighted by Crippen LogP contribution is 2.26. The molecular weight excluding hydrogens is 356 g/mol. The molecule has 1 saturated carbocycles. The minimum absolute atomic E-state index is 0.0594. The van der Waals surface area contributed by atoms with E-state index in [1.807, 2.05) is 0 Å². The minimum Gasteiger partial charge on any atom is -0.460 e. The van der Waals surface area contributed by atoms with Crippen LogP contribution in [-0.2, 0) is 12.8 Å². The van der Waals surface area contributed by atoms with E-state index in [1.165, 1.54) is 12.4 Å². The fourth-order valence-corrected chi connectivity index (χ4v) is 3.75. The maximum Gasteiger partial charge on any atom is 0.316 e. The number of nitrogens with one attached hydrogen (secondary N) is 1. The van der Waals surface area contributed by atoms with E-state index in [2.05, 4.69) is 20.4 Å². The molecule has 2 aliphatic carbocycles. The topological polar surface area (TPSA) is 90.1 Å². The Balaban J connectivity index is 1.29. The van der Waals surface area contributed by atoms with Gasteiger partial charge in [0.05, 0.1) is 17.4 Å². The number of ether oxygens (including phenoxy) is 1. The lowest BCUT2D eigenvalue weighted by molar-refractivity contribution is 0.0876. The summed E-state index contributed by atoms with van der Waals surface area (Å²) >= 11 is 5.78. The number of fused-ring (bicyclic) bond motifs is 1. The predicted molar refractivity (Wildman–Crippen MR) is 94.3 cm³/mol. The van der Waals surface area contributed by atoms with E-state index in [0.717, 1.165) is 62.7 Å². The number of amides is 1. The Morgan fingerprint density at radius 1 is 1.15 bits per heavy atom. The van der Waals surface area contributed by atoms with E-state index in [1.54, 1.807) is 0 Å². The highest BCUT2D eigenvalue weighted by atomic mass is 35.5. The fraction of sp³-hybridized carbons (Fsp3) is 0.556. The second-order valence-corrected chi connectivity index (χ2v) is 7.33. The summed E-state index contributed by atoms with van der Waals surface area (Å²) in [5, 5.41) is 7.58. The Hall–Kier alpha value is -2.15. The van der Waals surface area contributed by atoms with E-state index in [4.69, 9.17) is 20.9 Å². The van der Waals surface area contributed by atoms with Crippen LogP contribution in [0, 0.1) is 0 Å². The van der Waals surface area contributed by atoms with Crippen molar-refractivity contribution in [3.8, 4) is 6.01 Å². The zero-order chi connectivity index (χ0) is 17.9. The Labute approximate surface area is 156 Å². The standard InChI is InChI=1S/C18H21ClN4O3/c19-11-9-20-18(21-10-11)25-13-7-5-12(6-8-13)22-17(24)16-14-3-1-2-4-15(14)26-23-16/h9-10,12-13H,1-8H2,(H,22,24). The quantitative estimate of drug-likeness (QED) is 0.881. The van der Waals surface area contributed by atoms with Gasteiger partial charge in [-0.15, -0.1) is 0 Å². The van der Waals surface area contributed by atoms with E-state index < -0.39 is 0 Å². The molecular formula is C18H21ClN4O3. The van der Waals surface area contributed by atoms with E-state index in [-0.39, 0.29) is 18.1 Å². The molecule has 2 aromatic rings. The summed E-state index contributed by atoms with van der Waals surface area (Å²) in [6, 6.07) is 0.473. The van der Waals surface area contributed by atoms with Crippen LogP contribution in [0.15, 0.2) is 16.9 Å². The van der Waals surface area contributed by atoms with Crippen molar-refractivity contribution in [2.45, 2.75) is 63.5 Å². The molecule has 0 aliphatic heterocycles. The molecule has 2 aromatic heterocycles. The monoisotopic (exact) mass is 376 g/mol. The van der Waals surface area contributed by atoms with Crippen molar-refractivity contribution >= 4 is 17.5 Å². The molecule has 0 saturated heterocycles. The van der Waals surface area contributed by atoms with Crippen molar-refractivity contribution in [1.29, 1.82) is 0 Å². The van der Waals surface area contributed by atoms with Crippen LogP contribution in [0.2, 0.25) is 5.02 Å². The molecule has 7 nitrogen and oxygen atoms in total. The number of aromatic nitrogens is 3. The summed E-state index contributed by atoms with van der Waals surface area (Å²) in [6.07, 6.45) is 10.4. The molecule has 2 heterocycles. The smallest absolute Gasteiger partial charge is 0.316 e. The lowest BCUT2D eigenvalue weighted by Gasteiger charge is -2.28. The average Bonchev–Trinajstić information content (AvgIpc) is 3.09. The number of carbonyl (C=O) groups excluding carboxylic acids is 1. The van der Waals surface area contributed by atoms with Crippen molar-refractivity contribution in [1.82, 2.24) is 20.4 Å². The van der Waals surface area contributed by atoms with Gasteiger partial charge in [-0.05, 0) is 44.9 Å². The molecule has 0 bridgehead atoms. The maximum atomic E-state index is 12.6. The Morgan fingerprint density at radius 2 is 1.88 bits per heavy atom. The van der Waals surface area contributed by atoms with Crippen molar-refractivity contribution in [2.75, 3.05) is 0 Å². The molecule has 1 fully saturated rings. The van der Waals surface area contributed by atoms with E-state index in [9.17, 15) is 4.79 Å². The van der Waals surface area contributed by atoms with Gasteiger partial charge in [0, 0.05) is 18.0 Å². The number of aryl methyl sites for hydroxylation is 1. The molecule has 26 heavy (non-hydrogen) atoms. The summed E-state index contributed by atoms with van der Waals surface area (Å²) < 4.78 is 11.1. The van der Waals surface area contributed by atoms with E-state index in [0.29, 0.717) is 16.7 Å². The second kappa shape index (κ2) is 7.61. The number of hydrogen-bond acceptors (Lipinski definition) is 6. The van der Waals surface area contributed by atoms with Crippen LogP contribution >= 0.6 is 11.6 Å². The molecule has 0 atom stereocenters. The Kier molecular flexibility index (Phi) is 5.06. The molecule has 0 spiro atoms. The second-order valence-electron chi connectivity index (χ2n) is 6.89. The molecule has 0 aromatic carbocycles. The number of rotatable bonds is 4. The molecule has 2 aliphatic rings. The van der Waals surface area contributed by atoms with Crippen LogP contribution in [0.5, 0.6) is 6.01 Å². The lowest BCUT2D eigenvalue weighted by atomic mass is 9.92. The van der Waals surface area contributed by atoms with Crippen LogP contribution in [-0.4, -0.2) is 33.2 Å². The summed E-state index contributed by atoms with van der Waals surface area (Å²) in [5.74, 6) is 0.753. The number of nitrogens with zero attached hydrogens (tertiary/aromatic N) is 3. The normalized spacial score (nSPS) is 22.5. The summed E-state index contributed by atoms with van der Waals surface area (Å²) in [5.41, 5.74) is 1.46. The molecule has 8 heteroatoms. The number of hydrogen-bond donors (Lipinski definition) is 1. The van der Waals surface area contributed by atoms with Crippen LogP contribution in [0.1, 0.15) is 60.3 Å². The summed E-state index contributed by atoms with van der Waals surface area (Å²) in [7, 11) is 0. The highest BCUT2D eigenvalue weighted by molar-refractivity contribution is 6.30. The van der Waals surface area contributed by atoms with Gasteiger partial charge in [-0.1, -0.05) is 16.8 Å². The first-order chi connectivity index (χ1) is 12.7. The Morgan fingerprint density at radius 3 is 2.65 bits per heavy atom. The van der Waals surface area contributed by atoms with Crippen molar-refractivity contribution in [2.24, 2.45) is 0 Å². The van der Waals surface area contributed by atoms with Crippen LogP contribution in [0.4, 0.5) is 0 Å². The average molecular weight is 377 g/mol. The van der Waals surface area contributed by atoms with Crippen molar-refractivity contribution in [3.63, 3.8) is 0 Å². The first kappa shape index (κ1) is 17.3. The molecule has 138 valence electrons. The predicted octanol–water partition coefficient (Wildman–Crippen LogP) is 3.12. The van der Waals surface area contributed by atoms with Gasteiger partial charge >= 0.3 is 6.01 Å². The van der Waals surface area contributed by atoms with Crippen LogP contribution < -0.4 is 10.1 Å². The largest absolute Gasteiger partial charge is 0.460 e. The SMILES string of the molecule is O=C(NC1CCC(Oc2ncc(Cl)cn2)CC1)c1noc2c1CCCC2. The molecule has 0 radical (unpaired) electrons. The molecule has 0 unspecified atom stereocenters. The van der Waals surface area contributed by atoms with Crippen molar-refractivity contribution in [3.05, 3.63) is 34.4 Å². The van der Waals surface area contributed by atoms with Crippen molar-refractivity contribution < 1.29 is 14.1 Å². The van der Waals surface area contributed by atoms with Gasteiger partial charge in [0.25, 0.3) is 5.91 Å². The van der Waals surface area contributed by atoms with Gasteiger partial charge in [0.1, 0.15) is 11.9 Å². The minimum atomic E-state index is -0.123. The Bertz CT molecular complexity index is 769. The van der Waals surface area contributed by atoms with Crippen LogP contribution in [0.25, 0.3) is 0 Å². The third-order valence-electron chi connectivity index (χ3n) is 5.04. The first-order valence-corrected chi connectivity index (χ1v) is 9.49. The first-order valence-electron chi connectivity index (χ1n) is 9.11. The van der Waals surface area contributed by atoms with Gasteiger partial charge < -0.3 is 14.6 Å². The van der Waals surface area contributed by atoms with Gasteiger partial charge in [-0.2, -0.15) is 0 Å². The zero-order valence-electron chi connectivity index (χ0n) is 14.4. The lowest BCUT2D eigenvalue weighted by Crippen LogP contribution is -2.40. The van der Waals surface area contributed by atoms with Gasteiger partial charge in [0.2, 0.25) is 0 Å². The molecule has 1 N–H and O–H groups in total. The number of carbonyl (C=O) groups is 1. The van der Waals surface area contributed by atoms with Gasteiger partial charge in [0.15, 0.2) is 5.69 Å². The summed E-state index contributed by atoms with van der Waals surface area (Å²) in [6.45, 7) is 0. The third kappa shape index (κ3) is 3.82. The third-order valence-corrected chi connectivity index (χ3v) is 5.24. The van der Waals surface area contributed by atoms with E-state index >= 15 is 0 Å². The fourth-order valence-electron chi connectivity index (χ4n) is 3.65. The van der Waals surface area contributed by atoms with Gasteiger partial charge in [-0.25, -0.2) is 9.97 Å². The zero-order valence-corrected chi connectivity index (χ0v) is 15.2. The summed E-state index contributed by atoms with van der Waals surface area (Å²) in [4.78, 5) is 20.7.